The Balaban J connectivity index is 2.08. The molecule has 0 amide bonds. The minimum atomic E-state index is 0.681. The lowest BCUT2D eigenvalue weighted by Crippen LogP contribution is -2.40. The van der Waals surface area contributed by atoms with Crippen molar-refractivity contribution in [1.82, 2.24) is 9.88 Å². The van der Waals surface area contributed by atoms with Crippen molar-refractivity contribution in [3.63, 3.8) is 0 Å². The first kappa shape index (κ1) is 14.0. The van der Waals surface area contributed by atoms with Crippen LogP contribution < -0.4 is 5.32 Å². The van der Waals surface area contributed by atoms with E-state index in [9.17, 15) is 0 Å². The highest BCUT2D eigenvalue weighted by molar-refractivity contribution is 8.00. The molecule has 2 rings (SSSR count). The van der Waals surface area contributed by atoms with Crippen LogP contribution in [-0.2, 0) is 6.54 Å². The Kier molecular flexibility index (Phi) is 4.76. The minimum Gasteiger partial charge on any atom is -0.373 e. The summed E-state index contributed by atoms with van der Waals surface area (Å²) in [5.41, 5.74) is 0.967. The zero-order chi connectivity index (χ0) is 13.1. The number of rotatable bonds is 3. The first-order valence-electron chi connectivity index (χ1n) is 6.29. The molecule has 0 spiro atoms. The number of hydrogen-bond donors (Lipinski definition) is 1. The van der Waals surface area contributed by atoms with Crippen LogP contribution in [0.3, 0.4) is 0 Å². The quantitative estimate of drug-likeness (QED) is 0.924. The predicted molar refractivity (Wildman–Crippen MR) is 80.6 cm³/mol. The van der Waals surface area contributed by atoms with E-state index in [4.69, 9.17) is 11.6 Å². The molecule has 18 heavy (non-hydrogen) atoms. The van der Waals surface area contributed by atoms with E-state index in [0.29, 0.717) is 10.5 Å². The molecule has 1 aromatic rings. The Bertz CT molecular complexity index is 403. The smallest absolute Gasteiger partial charge is 0.126 e. The van der Waals surface area contributed by atoms with Crippen molar-refractivity contribution in [3.8, 4) is 0 Å². The summed E-state index contributed by atoms with van der Waals surface area (Å²) in [6.45, 7) is 7.62. The summed E-state index contributed by atoms with van der Waals surface area (Å²) in [6, 6.07) is 3.82. The van der Waals surface area contributed by atoms with Gasteiger partial charge in [0.25, 0.3) is 0 Å². The first-order valence-corrected chi connectivity index (χ1v) is 7.61. The van der Waals surface area contributed by atoms with Gasteiger partial charge in [0.05, 0.1) is 10.7 Å². The van der Waals surface area contributed by atoms with Crippen molar-refractivity contribution >= 4 is 29.2 Å². The fraction of sp³-hybridized carbons (Fsp3) is 0.615. The van der Waals surface area contributed by atoms with Crippen LogP contribution in [0.2, 0.25) is 5.02 Å². The number of nitrogens with one attached hydrogen (secondary N) is 1. The fourth-order valence-electron chi connectivity index (χ4n) is 2.36. The van der Waals surface area contributed by atoms with Gasteiger partial charge in [-0.1, -0.05) is 25.4 Å². The van der Waals surface area contributed by atoms with Crippen molar-refractivity contribution in [1.29, 1.82) is 0 Å². The standard InChI is InChI=1S/C13H20ClN3S/c1-9-6-17(7-10(2)18-9)8-12-11(14)4-5-13(15-3)16-12/h4-5,9-10H,6-8H2,1-3H3,(H,15,16). The lowest BCUT2D eigenvalue weighted by Gasteiger charge is -2.34. The van der Waals surface area contributed by atoms with Gasteiger partial charge >= 0.3 is 0 Å². The lowest BCUT2D eigenvalue weighted by atomic mass is 10.2. The molecule has 0 aromatic carbocycles. The molecule has 100 valence electrons. The first-order chi connectivity index (χ1) is 8.58. The van der Waals surface area contributed by atoms with Gasteiger partial charge in [0, 0.05) is 37.2 Å². The normalized spacial score (nSPS) is 25.1. The molecule has 2 heterocycles. The number of hydrogen-bond acceptors (Lipinski definition) is 4. The molecule has 0 saturated carbocycles. The average molecular weight is 286 g/mol. The number of pyridine rings is 1. The Hall–Kier alpha value is -0.450. The van der Waals surface area contributed by atoms with Gasteiger partial charge in [-0.3, -0.25) is 4.90 Å². The molecular weight excluding hydrogens is 266 g/mol. The average Bonchev–Trinajstić information content (AvgIpc) is 2.30. The SMILES string of the molecule is CNc1ccc(Cl)c(CN2CC(C)SC(C)C2)n1. The van der Waals surface area contributed by atoms with Crippen LogP contribution in [0, 0.1) is 0 Å². The molecular formula is C13H20ClN3S. The van der Waals surface area contributed by atoms with Gasteiger partial charge in [-0.15, -0.1) is 0 Å². The summed E-state index contributed by atoms with van der Waals surface area (Å²) < 4.78 is 0. The van der Waals surface area contributed by atoms with Crippen molar-refractivity contribution in [2.24, 2.45) is 0 Å². The molecule has 0 radical (unpaired) electrons. The van der Waals surface area contributed by atoms with Gasteiger partial charge < -0.3 is 5.32 Å². The molecule has 2 atom stereocenters. The van der Waals surface area contributed by atoms with Crippen molar-refractivity contribution in [2.45, 2.75) is 30.9 Å². The number of nitrogens with zero attached hydrogens (tertiary/aromatic N) is 2. The molecule has 1 aliphatic rings. The predicted octanol–water partition coefficient (Wildman–Crippen LogP) is 3.10. The van der Waals surface area contributed by atoms with Gasteiger partial charge in [-0.05, 0) is 12.1 Å². The van der Waals surface area contributed by atoms with E-state index in [1.807, 2.05) is 19.2 Å². The van der Waals surface area contributed by atoms with Crippen LogP contribution in [0.15, 0.2) is 12.1 Å². The third-order valence-electron chi connectivity index (χ3n) is 3.04. The third-order valence-corrected chi connectivity index (χ3v) is 4.61. The van der Waals surface area contributed by atoms with E-state index in [1.54, 1.807) is 0 Å². The highest BCUT2D eigenvalue weighted by Crippen LogP contribution is 2.27. The van der Waals surface area contributed by atoms with Crippen LogP contribution >= 0.6 is 23.4 Å². The summed E-state index contributed by atoms with van der Waals surface area (Å²) in [6.07, 6.45) is 0. The summed E-state index contributed by atoms with van der Waals surface area (Å²) in [5.74, 6) is 0.877. The third kappa shape index (κ3) is 3.53. The van der Waals surface area contributed by atoms with Gasteiger partial charge in [0.1, 0.15) is 5.82 Å². The van der Waals surface area contributed by atoms with E-state index in [2.05, 4.69) is 40.8 Å². The molecule has 0 bridgehead atoms. The highest BCUT2D eigenvalue weighted by atomic mass is 35.5. The number of aromatic nitrogens is 1. The Morgan fingerprint density at radius 2 is 2.06 bits per heavy atom. The molecule has 0 aliphatic carbocycles. The van der Waals surface area contributed by atoms with Crippen LogP contribution in [0.5, 0.6) is 0 Å². The number of halogens is 1. The zero-order valence-electron chi connectivity index (χ0n) is 11.1. The molecule has 1 fully saturated rings. The summed E-state index contributed by atoms with van der Waals surface area (Å²) in [4.78, 5) is 6.99. The Morgan fingerprint density at radius 1 is 1.39 bits per heavy atom. The van der Waals surface area contributed by atoms with Crippen LogP contribution in [0.4, 0.5) is 5.82 Å². The monoisotopic (exact) mass is 285 g/mol. The van der Waals surface area contributed by atoms with Crippen molar-refractivity contribution < 1.29 is 0 Å². The zero-order valence-corrected chi connectivity index (χ0v) is 12.7. The molecule has 1 aliphatic heterocycles. The van der Waals surface area contributed by atoms with E-state index in [0.717, 1.165) is 36.2 Å². The van der Waals surface area contributed by atoms with E-state index < -0.39 is 0 Å². The van der Waals surface area contributed by atoms with Crippen molar-refractivity contribution in [3.05, 3.63) is 22.8 Å². The van der Waals surface area contributed by atoms with Crippen LogP contribution in [0.25, 0.3) is 0 Å². The van der Waals surface area contributed by atoms with Crippen LogP contribution in [0.1, 0.15) is 19.5 Å². The van der Waals surface area contributed by atoms with Gasteiger partial charge in [0.15, 0.2) is 0 Å². The van der Waals surface area contributed by atoms with Gasteiger partial charge in [-0.25, -0.2) is 4.98 Å². The summed E-state index contributed by atoms with van der Waals surface area (Å²) >= 11 is 8.28. The topological polar surface area (TPSA) is 28.2 Å². The van der Waals surface area contributed by atoms with Gasteiger partial charge in [0.2, 0.25) is 0 Å². The maximum atomic E-state index is 6.22. The molecule has 5 heteroatoms. The Morgan fingerprint density at radius 3 is 2.67 bits per heavy atom. The molecule has 3 nitrogen and oxygen atoms in total. The minimum absolute atomic E-state index is 0.681. The summed E-state index contributed by atoms with van der Waals surface area (Å²) in [5, 5.41) is 5.18. The molecule has 1 saturated heterocycles. The molecule has 2 unspecified atom stereocenters. The second kappa shape index (κ2) is 6.13. The number of anilines is 1. The largest absolute Gasteiger partial charge is 0.373 e. The second-order valence-electron chi connectivity index (χ2n) is 4.83. The summed E-state index contributed by atoms with van der Waals surface area (Å²) in [7, 11) is 1.88. The second-order valence-corrected chi connectivity index (χ2v) is 7.12. The van der Waals surface area contributed by atoms with Gasteiger partial charge in [-0.2, -0.15) is 11.8 Å². The molecule has 1 aromatic heterocycles. The van der Waals surface area contributed by atoms with Crippen molar-refractivity contribution in [2.75, 3.05) is 25.5 Å². The van der Waals surface area contributed by atoms with E-state index in [-0.39, 0.29) is 0 Å². The maximum Gasteiger partial charge on any atom is 0.126 e. The van der Waals surface area contributed by atoms with E-state index in [1.165, 1.54) is 0 Å². The van der Waals surface area contributed by atoms with Crippen LogP contribution in [-0.4, -0.2) is 40.5 Å². The maximum absolute atomic E-state index is 6.22. The lowest BCUT2D eigenvalue weighted by molar-refractivity contribution is 0.260. The Labute approximate surface area is 118 Å². The fourth-order valence-corrected chi connectivity index (χ4v) is 3.91. The molecule has 1 N–H and O–H groups in total. The van der Waals surface area contributed by atoms with E-state index >= 15 is 0 Å². The highest BCUT2D eigenvalue weighted by Gasteiger charge is 2.23. The number of thioether (sulfide) groups is 1.